The monoisotopic (exact) mass is 403 g/mol. The molecule has 5 heteroatoms. The molecule has 0 bridgehead atoms. The number of ether oxygens (including phenoxy) is 3. The van der Waals surface area contributed by atoms with Gasteiger partial charge < -0.3 is 14.2 Å². The number of pyridine rings is 1. The van der Waals surface area contributed by atoms with Gasteiger partial charge in [0.15, 0.2) is 17.8 Å². The van der Waals surface area contributed by atoms with E-state index in [1.807, 2.05) is 48.5 Å². The smallest absolute Gasteiger partial charge is 0.231 e. The van der Waals surface area contributed by atoms with Gasteiger partial charge in [-0.2, -0.15) is 0 Å². The Hall–Kier alpha value is -3.34. The molecule has 2 aromatic carbocycles. The van der Waals surface area contributed by atoms with Crippen LogP contribution in [0.1, 0.15) is 42.2 Å². The molecular weight excluding hydrogens is 378 g/mol. The van der Waals surface area contributed by atoms with Gasteiger partial charge in [-0.05, 0) is 60.4 Å². The van der Waals surface area contributed by atoms with E-state index >= 15 is 0 Å². The third kappa shape index (κ3) is 4.01. The molecule has 1 aromatic heterocycles. The molecule has 0 unspecified atom stereocenters. The Morgan fingerprint density at radius 2 is 1.77 bits per heavy atom. The van der Waals surface area contributed by atoms with Crippen LogP contribution in [0, 0.1) is 0 Å². The number of nitrogens with zero attached hydrogens (tertiary/aromatic N) is 1. The Labute approximate surface area is 176 Å². The second-order valence-electron chi connectivity index (χ2n) is 7.29. The maximum Gasteiger partial charge on any atom is 0.231 e. The van der Waals surface area contributed by atoms with E-state index in [4.69, 9.17) is 19.2 Å². The molecule has 1 aliphatic rings. The fraction of sp³-hybridized carbons (Fsp3) is 0.280. The number of hydrogen-bond donors (Lipinski definition) is 0. The Morgan fingerprint density at radius 1 is 1.00 bits per heavy atom. The number of rotatable bonds is 8. The zero-order valence-electron chi connectivity index (χ0n) is 17.3. The first-order valence-electron chi connectivity index (χ1n) is 10.3. The maximum atomic E-state index is 12.2. The normalized spacial score (nSPS) is 12.1. The second-order valence-corrected chi connectivity index (χ2v) is 7.29. The largest absolute Gasteiger partial charge is 0.497 e. The van der Waals surface area contributed by atoms with Crippen molar-refractivity contribution in [1.82, 2.24) is 4.98 Å². The Kier molecular flexibility index (Phi) is 5.98. The van der Waals surface area contributed by atoms with Crippen molar-refractivity contribution in [3.8, 4) is 39.6 Å². The molecule has 154 valence electrons. The predicted molar refractivity (Wildman–Crippen MR) is 116 cm³/mol. The summed E-state index contributed by atoms with van der Waals surface area (Å²) in [6.07, 6.45) is 5.11. The molecule has 0 atom stereocenters. The number of hydrogen-bond acceptors (Lipinski definition) is 5. The van der Waals surface area contributed by atoms with E-state index < -0.39 is 0 Å². The summed E-state index contributed by atoms with van der Waals surface area (Å²) in [4.78, 5) is 17.1. The lowest BCUT2D eigenvalue weighted by Crippen LogP contribution is -2.01. The van der Waals surface area contributed by atoms with E-state index in [0.717, 1.165) is 60.1 Å². The van der Waals surface area contributed by atoms with Crippen molar-refractivity contribution >= 4 is 6.29 Å². The van der Waals surface area contributed by atoms with Gasteiger partial charge in [0.05, 0.1) is 12.8 Å². The highest BCUT2D eigenvalue weighted by Crippen LogP contribution is 2.38. The standard InChI is InChI=1S/C25H25NO4/c1-3-4-5-6-19-14-21(17-7-10-20(28-2)11-8-17)22(15-27)25(26-19)18-9-12-23-24(13-18)30-16-29-23/h7-15H,3-6,16H2,1-2H3. The summed E-state index contributed by atoms with van der Waals surface area (Å²) in [6, 6.07) is 15.5. The van der Waals surface area contributed by atoms with Gasteiger partial charge in [-0.15, -0.1) is 0 Å². The lowest BCUT2D eigenvalue weighted by atomic mass is 9.94. The third-order valence-electron chi connectivity index (χ3n) is 5.31. The van der Waals surface area contributed by atoms with Crippen LogP contribution >= 0.6 is 0 Å². The molecular formula is C25H25NO4. The first-order valence-corrected chi connectivity index (χ1v) is 10.3. The number of fused-ring (bicyclic) bond motifs is 1. The third-order valence-corrected chi connectivity index (χ3v) is 5.31. The molecule has 4 rings (SSSR count). The SMILES string of the molecule is CCCCCc1cc(-c2ccc(OC)cc2)c(C=O)c(-c2ccc3c(c2)OCO3)n1. The van der Waals surface area contributed by atoms with Crippen molar-refractivity contribution in [2.75, 3.05) is 13.9 Å². The molecule has 0 saturated carbocycles. The average Bonchev–Trinajstić information content (AvgIpc) is 3.26. The number of benzene rings is 2. The van der Waals surface area contributed by atoms with Crippen LogP contribution in [0.3, 0.4) is 0 Å². The number of unbranched alkanes of at least 4 members (excludes halogenated alkanes) is 2. The zero-order chi connectivity index (χ0) is 20.9. The predicted octanol–water partition coefficient (Wildman–Crippen LogP) is 5.70. The fourth-order valence-electron chi connectivity index (χ4n) is 3.68. The number of methoxy groups -OCH3 is 1. The van der Waals surface area contributed by atoms with Crippen molar-refractivity contribution < 1.29 is 19.0 Å². The minimum absolute atomic E-state index is 0.209. The van der Waals surface area contributed by atoms with Gasteiger partial charge in [-0.1, -0.05) is 31.9 Å². The van der Waals surface area contributed by atoms with Crippen LogP contribution in [-0.2, 0) is 6.42 Å². The average molecular weight is 403 g/mol. The topological polar surface area (TPSA) is 57.7 Å². The highest BCUT2D eigenvalue weighted by atomic mass is 16.7. The molecule has 2 heterocycles. The van der Waals surface area contributed by atoms with E-state index in [0.29, 0.717) is 22.8 Å². The lowest BCUT2D eigenvalue weighted by Gasteiger charge is -2.14. The molecule has 5 nitrogen and oxygen atoms in total. The summed E-state index contributed by atoms with van der Waals surface area (Å²) >= 11 is 0. The summed E-state index contributed by atoms with van der Waals surface area (Å²) in [5.41, 5.74) is 4.89. The van der Waals surface area contributed by atoms with Crippen LogP contribution in [0.2, 0.25) is 0 Å². The summed E-state index contributed by atoms with van der Waals surface area (Å²) in [6.45, 7) is 2.39. The van der Waals surface area contributed by atoms with E-state index in [2.05, 4.69) is 6.92 Å². The number of aromatic nitrogens is 1. The van der Waals surface area contributed by atoms with Crippen molar-refractivity contribution in [2.24, 2.45) is 0 Å². The lowest BCUT2D eigenvalue weighted by molar-refractivity contribution is 0.112. The minimum Gasteiger partial charge on any atom is -0.497 e. The van der Waals surface area contributed by atoms with Gasteiger partial charge >= 0.3 is 0 Å². The van der Waals surface area contributed by atoms with Gasteiger partial charge in [-0.25, -0.2) is 0 Å². The van der Waals surface area contributed by atoms with Crippen molar-refractivity contribution in [3.05, 3.63) is 59.8 Å². The van der Waals surface area contributed by atoms with E-state index in [1.54, 1.807) is 7.11 Å². The van der Waals surface area contributed by atoms with Gasteiger partial charge in [-0.3, -0.25) is 9.78 Å². The molecule has 0 aliphatic carbocycles. The van der Waals surface area contributed by atoms with Crippen LogP contribution < -0.4 is 14.2 Å². The summed E-state index contributed by atoms with van der Waals surface area (Å²) < 4.78 is 16.2. The molecule has 0 saturated heterocycles. The Morgan fingerprint density at radius 3 is 2.50 bits per heavy atom. The summed E-state index contributed by atoms with van der Waals surface area (Å²) in [5, 5.41) is 0. The van der Waals surface area contributed by atoms with Gasteiger partial charge in [0.2, 0.25) is 6.79 Å². The molecule has 3 aromatic rings. The molecule has 0 amide bonds. The van der Waals surface area contributed by atoms with E-state index in [9.17, 15) is 4.79 Å². The molecule has 30 heavy (non-hydrogen) atoms. The first kappa shape index (κ1) is 20.0. The number of aldehydes is 1. The summed E-state index contributed by atoms with van der Waals surface area (Å²) in [5.74, 6) is 2.16. The molecule has 0 radical (unpaired) electrons. The van der Waals surface area contributed by atoms with Crippen LogP contribution in [0.5, 0.6) is 17.2 Å². The van der Waals surface area contributed by atoms with Crippen molar-refractivity contribution in [3.63, 3.8) is 0 Å². The van der Waals surface area contributed by atoms with Crippen LogP contribution in [0.4, 0.5) is 0 Å². The highest BCUT2D eigenvalue weighted by Gasteiger charge is 2.19. The zero-order valence-corrected chi connectivity index (χ0v) is 17.3. The van der Waals surface area contributed by atoms with Crippen molar-refractivity contribution in [1.29, 1.82) is 0 Å². The summed E-state index contributed by atoms with van der Waals surface area (Å²) in [7, 11) is 1.64. The van der Waals surface area contributed by atoms with Gasteiger partial charge in [0.1, 0.15) is 5.75 Å². The van der Waals surface area contributed by atoms with Crippen LogP contribution in [-0.4, -0.2) is 25.2 Å². The molecule has 0 N–H and O–H groups in total. The highest BCUT2D eigenvalue weighted by molar-refractivity contribution is 5.95. The molecule has 1 aliphatic heterocycles. The van der Waals surface area contributed by atoms with Gasteiger partial charge in [0.25, 0.3) is 0 Å². The number of carbonyl (C=O) groups is 1. The molecule has 0 spiro atoms. The Bertz CT molecular complexity index is 1040. The first-order chi connectivity index (χ1) is 14.7. The molecule has 0 fully saturated rings. The van der Waals surface area contributed by atoms with Crippen molar-refractivity contribution in [2.45, 2.75) is 32.6 Å². The number of aryl methyl sites for hydroxylation is 1. The second kappa shape index (κ2) is 8.99. The maximum absolute atomic E-state index is 12.2. The van der Waals surface area contributed by atoms with Gasteiger partial charge in [0, 0.05) is 16.8 Å². The quantitative estimate of drug-likeness (QED) is 0.357. The van der Waals surface area contributed by atoms with E-state index in [-0.39, 0.29) is 6.79 Å². The van der Waals surface area contributed by atoms with Crippen LogP contribution in [0.25, 0.3) is 22.4 Å². The van der Waals surface area contributed by atoms with E-state index in [1.165, 1.54) is 0 Å². The minimum atomic E-state index is 0.209. The van der Waals surface area contributed by atoms with Crippen LogP contribution in [0.15, 0.2) is 48.5 Å². The Balaban J connectivity index is 1.84. The number of carbonyl (C=O) groups excluding carboxylic acids is 1. The fourth-order valence-corrected chi connectivity index (χ4v) is 3.68.